The van der Waals surface area contributed by atoms with Crippen LogP contribution in [0, 0.1) is 5.92 Å². The SMILES string of the molecule is CC(C)Cc1ccccc1CN[C@@H](C)c1cccnc1. The van der Waals surface area contributed by atoms with Gasteiger partial charge in [0, 0.05) is 25.0 Å². The van der Waals surface area contributed by atoms with Crippen molar-refractivity contribution in [3.63, 3.8) is 0 Å². The third kappa shape index (κ3) is 4.17. The zero-order valence-electron chi connectivity index (χ0n) is 12.6. The summed E-state index contributed by atoms with van der Waals surface area (Å²) >= 11 is 0. The number of hydrogen-bond acceptors (Lipinski definition) is 2. The Morgan fingerprint density at radius 2 is 1.75 bits per heavy atom. The van der Waals surface area contributed by atoms with Gasteiger partial charge in [0.25, 0.3) is 0 Å². The number of rotatable bonds is 6. The predicted octanol–water partition coefficient (Wildman–Crippen LogP) is 4.13. The minimum atomic E-state index is 0.316. The monoisotopic (exact) mass is 268 g/mol. The van der Waals surface area contributed by atoms with E-state index in [0.29, 0.717) is 12.0 Å². The van der Waals surface area contributed by atoms with Crippen LogP contribution in [-0.2, 0) is 13.0 Å². The van der Waals surface area contributed by atoms with Gasteiger partial charge in [-0.3, -0.25) is 4.98 Å². The van der Waals surface area contributed by atoms with Crippen molar-refractivity contribution in [1.29, 1.82) is 0 Å². The molecule has 2 aromatic rings. The molecule has 0 fully saturated rings. The summed E-state index contributed by atoms with van der Waals surface area (Å²) in [7, 11) is 0. The van der Waals surface area contributed by atoms with E-state index in [-0.39, 0.29) is 0 Å². The molecule has 2 nitrogen and oxygen atoms in total. The molecule has 20 heavy (non-hydrogen) atoms. The number of pyridine rings is 1. The normalized spacial score (nSPS) is 12.6. The van der Waals surface area contributed by atoms with Crippen molar-refractivity contribution in [3.8, 4) is 0 Å². The first-order chi connectivity index (χ1) is 9.66. The largest absolute Gasteiger partial charge is 0.306 e. The van der Waals surface area contributed by atoms with Gasteiger partial charge in [0.1, 0.15) is 0 Å². The molecule has 106 valence electrons. The van der Waals surface area contributed by atoms with Gasteiger partial charge in [0.15, 0.2) is 0 Å². The van der Waals surface area contributed by atoms with Crippen LogP contribution >= 0.6 is 0 Å². The minimum Gasteiger partial charge on any atom is -0.306 e. The molecule has 0 aliphatic carbocycles. The zero-order valence-corrected chi connectivity index (χ0v) is 12.6. The first kappa shape index (κ1) is 14.7. The molecule has 0 aliphatic rings. The van der Waals surface area contributed by atoms with E-state index in [1.807, 2.05) is 18.5 Å². The maximum Gasteiger partial charge on any atom is 0.0315 e. The molecule has 2 rings (SSSR count). The molecule has 1 aromatic heterocycles. The number of aromatic nitrogens is 1. The Hall–Kier alpha value is -1.67. The van der Waals surface area contributed by atoms with E-state index in [1.54, 1.807) is 0 Å². The summed E-state index contributed by atoms with van der Waals surface area (Å²) in [6.07, 6.45) is 4.88. The van der Waals surface area contributed by atoms with E-state index >= 15 is 0 Å². The van der Waals surface area contributed by atoms with Gasteiger partial charge in [-0.05, 0) is 42.0 Å². The third-order valence-corrected chi connectivity index (χ3v) is 3.53. The highest BCUT2D eigenvalue weighted by Crippen LogP contribution is 2.16. The minimum absolute atomic E-state index is 0.316. The highest BCUT2D eigenvalue weighted by Gasteiger charge is 2.07. The van der Waals surface area contributed by atoms with Crippen LogP contribution in [0.25, 0.3) is 0 Å². The summed E-state index contributed by atoms with van der Waals surface area (Å²) in [5, 5.41) is 3.59. The predicted molar refractivity (Wildman–Crippen MR) is 84.5 cm³/mol. The molecule has 2 heteroatoms. The highest BCUT2D eigenvalue weighted by molar-refractivity contribution is 5.27. The quantitative estimate of drug-likeness (QED) is 0.852. The highest BCUT2D eigenvalue weighted by atomic mass is 14.9. The Labute approximate surface area is 122 Å². The van der Waals surface area contributed by atoms with Crippen LogP contribution in [-0.4, -0.2) is 4.98 Å². The zero-order chi connectivity index (χ0) is 14.4. The molecule has 0 amide bonds. The first-order valence-electron chi connectivity index (χ1n) is 7.37. The summed E-state index contributed by atoms with van der Waals surface area (Å²) < 4.78 is 0. The molecule has 0 saturated heterocycles. The lowest BCUT2D eigenvalue weighted by molar-refractivity contribution is 0.565. The molecular weight excluding hydrogens is 244 g/mol. The van der Waals surface area contributed by atoms with Gasteiger partial charge in [-0.25, -0.2) is 0 Å². The lowest BCUT2D eigenvalue weighted by Gasteiger charge is -2.16. The summed E-state index contributed by atoms with van der Waals surface area (Å²) in [6.45, 7) is 7.62. The number of hydrogen-bond donors (Lipinski definition) is 1. The first-order valence-corrected chi connectivity index (χ1v) is 7.37. The van der Waals surface area contributed by atoms with Gasteiger partial charge in [-0.15, -0.1) is 0 Å². The van der Waals surface area contributed by atoms with Gasteiger partial charge < -0.3 is 5.32 Å². The summed E-state index contributed by atoms with van der Waals surface area (Å²) in [5.41, 5.74) is 4.08. The topological polar surface area (TPSA) is 24.9 Å². The molecule has 0 spiro atoms. The lowest BCUT2D eigenvalue weighted by atomic mass is 9.98. The van der Waals surface area contributed by atoms with Crippen molar-refractivity contribution in [2.75, 3.05) is 0 Å². The fourth-order valence-electron chi connectivity index (χ4n) is 2.38. The standard InChI is InChI=1S/C18H24N2/c1-14(2)11-16-7-4-5-8-18(16)13-20-15(3)17-9-6-10-19-12-17/h4-10,12,14-15,20H,11,13H2,1-3H3/t15-/m0/s1. The molecule has 1 N–H and O–H groups in total. The number of nitrogens with zero attached hydrogens (tertiary/aromatic N) is 1. The van der Waals surface area contributed by atoms with Crippen LogP contribution in [0.1, 0.15) is 43.5 Å². The average molecular weight is 268 g/mol. The average Bonchev–Trinajstić information content (AvgIpc) is 2.46. The van der Waals surface area contributed by atoms with Crippen molar-refractivity contribution in [1.82, 2.24) is 10.3 Å². The maximum absolute atomic E-state index is 4.18. The van der Waals surface area contributed by atoms with E-state index in [0.717, 1.165) is 13.0 Å². The van der Waals surface area contributed by atoms with Gasteiger partial charge >= 0.3 is 0 Å². The second-order valence-corrected chi connectivity index (χ2v) is 5.76. The summed E-state index contributed by atoms with van der Waals surface area (Å²) in [6, 6.07) is 13.1. The molecule has 0 bridgehead atoms. The molecule has 0 unspecified atom stereocenters. The van der Waals surface area contributed by atoms with E-state index in [1.165, 1.54) is 16.7 Å². The van der Waals surface area contributed by atoms with Crippen molar-refractivity contribution >= 4 is 0 Å². The van der Waals surface area contributed by atoms with Crippen molar-refractivity contribution in [2.45, 2.75) is 39.8 Å². The molecular formula is C18H24N2. The summed E-state index contributed by atoms with van der Waals surface area (Å²) in [5.74, 6) is 0.687. The second-order valence-electron chi connectivity index (χ2n) is 5.76. The van der Waals surface area contributed by atoms with Crippen LogP contribution < -0.4 is 5.32 Å². The fourth-order valence-corrected chi connectivity index (χ4v) is 2.38. The van der Waals surface area contributed by atoms with Gasteiger partial charge in [-0.2, -0.15) is 0 Å². The van der Waals surface area contributed by atoms with E-state index in [2.05, 4.69) is 61.4 Å². The molecule has 0 radical (unpaired) electrons. The fraction of sp³-hybridized carbons (Fsp3) is 0.389. The van der Waals surface area contributed by atoms with Crippen molar-refractivity contribution in [2.24, 2.45) is 5.92 Å². The Morgan fingerprint density at radius 3 is 2.40 bits per heavy atom. The maximum atomic E-state index is 4.18. The molecule has 0 saturated carbocycles. The summed E-state index contributed by atoms with van der Waals surface area (Å²) in [4.78, 5) is 4.18. The number of nitrogens with one attached hydrogen (secondary N) is 1. The van der Waals surface area contributed by atoms with Crippen LogP contribution in [0.2, 0.25) is 0 Å². The second kappa shape index (κ2) is 7.20. The smallest absolute Gasteiger partial charge is 0.0315 e. The van der Waals surface area contributed by atoms with Crippen molar-refractivity contribution < 1.29 is 0 Å². The Morgan fingerprint density at radius 1 is 1.00 bits per heavy atom. The third-order valence-electron chi connectivity index (χ3n) is 3.53. The van der Waals surface area contributed by atoms with Crippen molar-refractivity contribution in [3.05, 3.63) is 65.5 Å². The van der Waals surface area contributed by atoms with E-state index < -0.39 is 0 Å². The molecule has 1 atom stereocenters. The lowest BCUT2D eigenvalue weighted by Crippen LogP contribution is -2.19. The van der Waals surface area contributed by atoms with Gasteiger partial charge in [0.05, 0.1) is 0 Å². The van der Waals surface area contributed by atoms with Crippen LogP contribution in [0.4, 0.5) is 0 Å². The van der Waals surface area contributed by atoms with E-state index in [9.17, 15) is 0 Å². The molecule has 1 heterocycles. The Bertz CT molecular complexity index is 520. The molecule has 0 aliphatic heterocycles. The Kier molecular flexibility index (Phi) is 5.31. The molecule has 1 aromatic carbocycles. The van der Waals surface area contributed by atoms with Crippen LogP contribution in [0.15, 0.2) is 48.8 Å². The Balaban J connectivity index is 2.00. The van der Waals surface area contributed by atoms with E-state index in [4.69, 9.17) is 0 Å². The van der Waals surface area contributed by atoms with Gasteiger partial charge in [-0.1, -0.05) is 44.2 Å². The van der Waals surface area contributed by atoms with Crippen LogP contribution in [0.5, 0.6) is 0 Å². The van der Waals surface area contributed by atoms with Crippen LogP contribution in [0.3, 0.4) is 0 Å². The number of benzene rings is 1. The van der Waals surface area contributed by atoms with Gasteiger partial charge in [0.2, 0.25) is 0 Å².